The molecule has 1 heterocycles. The van der Waals surface area contributed by atoms with Crippen LogP contribution in [-0.4, -0.2) is 15.3 Å². The maximum Gasteiger partial charge on any atom is 0.101 e. The molecular weight excluding hydrogens is 250 g/mol. The van der Waals surface area contributed by atoms with E-state index in [9.17, 15) is 0 Å². The molecule has 0 aliphatic heterocycles. The van der Waals surface area contributed by atoms with E-state index in [4.69, 9.17) is 10.4 Å². The summed E-state index contributed by atoms with van der Waals surface area (Å²) in [4.78, 5) is 0. The normalized spacial score (nSPS) is 10.4. The van der Waals surface area contributed by atoms with Gasteiger partial charge in [0.25, 0.3) is 0 Å². The van der Waals surface area contributed by atoms with Crippen LogP contribution in [0.15, 0.2) is 48.7 Å². The molecule has 0 radical (unpaired) electrons. The predicted octanol–water partition coefficient (Wildman–Crippen LogP) is 2.66. The molecule has 0 bridgehead atoms. The molecule has 0 atom stereocenters. The van der Waals surface area contributed by atoms with Gasteiger partial charge in [0, 0.05) is 16.3 Å². The van der Waals surface area contributed by atoms with Crippen LogP contribution in [0.2, 0.25) is 0 Å². The van der Waals surface area contributed by atoms with Crippen molar-refractivity contribution in [3.63, 3.8) is 0 Å². The van der Waals surface area contributed by atoms with E-state index < -0.39 is 0 Å². The lowest BCUT2D eigenvalue weighted by molar-refractivity contribution is 0.282. The van der Waals surface area contributed by atoms with Gasteiger partial charge >= 0.3 is 0 Å². The van der Waals surface area contributed by atoms with Crippen molar-refractivity contribution >= 4 is 10.8 Å². The zero-order valence-corrected chi connectivity index (χ0v) is 10.6. The van der Waals surface area contributed by atoms with Crippen molar-refractivity contribution in [1.29, 1.82) is 5.26 Å². The molecular formula is C16H11N3O. The van der Waals surface area contributed by atoms with E-state index in [0.717, 1.165) is 27.6 Å². The van der Waals surface area contributed by atoms with Gasteiger partial charge in [-0.05, 0) is 17.7 Å². The van der Waals surface area contributed by atoms with Crippen LogP contribution in [-0.2, 0) is 6.61 Å². The average molecular weight is 261 g/mol. The zero-order chi connectivity index (χ0) is 13.9. The van der Waals surface area contributed by atoms with Gasteiger partial charge in [0.15, 0.2) is 0 Å². The Hall–Kier alpha value is -2.77. The predicted molar refractivity (Wildman–Crippen MR) is 75.6 cm³/mol. The molecule has 20 heavy (non-hydrogen) atoms. The summed E-state index contributed by atoms with van der Waals surface area (Å²) < 4.78 is 0. The van der Waals surface area contributed by atoms with Crippen LogP contribution in [0.4, 0.5) is 0 Å². The average Bonchev–Trinajstić information content (AvgIpc) is 2.54. The Morgan fingerprint density at radius 2 is 1.90 bits per heavy atom. The van der Waals surface area contributed by atoms with Crippen LogP contribution in [0.3, 0.4) is 0 Å². The minimum absolute atomic E-state index is 0.0209. The fourth-order valence-corrected chi connectivity index (χ4v) is 2.14. The molecule has 0 aliphatic rings. The number of fused-ring (bicyclic) bond motifs is 1. The molecule has 2 aromatic carbocycles. The van der Waals surface area contributed by atoms with Crippen LogP contribution in [0, 0.1) is 11.3 Å². The van der Waals surface area contributed by atoms with Crippen molar-refractivity contribution < 1.29 is 5.11 Å². The molecule has 1 aromatic heterocycles. The highest BCUT2D eigenvalue weighted by Crippen LogP contribution is 2.26. The lowest BCUT2D eigenvalue weighted by atomic mass is 10.0. The minimum atomic E-state index is 0.0209. The molecule has 0 aliphatic carbocycles. The molecule has 4 heteroatoms. The van der Waals surface area contributed by atoms with Crippen LogP contribution in [0.25, 0.3) is 22.0 Å². The van der Waals surface area contributed by atoms with Gasteiger partial charge in [-0.25, -0.2) is 0 Å². The van der Waals surface area contributed by atoms with Crippen LogP contribution in [0.1, 0.15) is 11.1 Å². The summed E-state index contributed by atoms with van der Waals surface area (Å²) in [7, 11) is 0. The van der Waals surface area contributed by atoms with E-state index in [1.54, 1.807) is 18.3 Å². The Bertz CT molecular complexity index is 804. The standard InChI is InChI=1S/C16H11N3O/c17-8-12-3-6-15-14(7-12)9-18-19-16(15)13-4-1-11(10-20)2-5-13/h1-7,9,20H,10H2. The number of rotatable bonds is 2. The van der Waals surface area contributed by atoms with Gasteiger partial charge in [0.1, 0.15) is 5.69 Å². The molecule has 0 spiro atoms. The quantitative estimate of drug-likeness (QED) is 0.770. The number of aromatic nitrogens is 2. The number of benzene rings is 2. The largest absolute Gasteiger partial charge is 0.392 e. The van der Waals surface area contributed by atoms with Gasteiger partial charge in [0.05, 0.1) is 24.4 Å². The Kier molecular flexibility index (Phi) is 3.12. The summed E-state index contributed by atoms with van der Waals surface area (Å²) in [5, 5.41) is 28.0. The third-order valence-corrected chi connectivity index (χ3v) is 3.20. The highest BCUT2D eigenvalue weighted by atomic mass is 16.3. The molecule has 0 saturated carbocycles. The SMILES string of the molecule is N#Cc1ccc2c(-c3ccc(CO)cc3)nncc2c1. The smallest absolute Gasteiger partial charge is 0.101 e. The lowest BCUT2D eigenvalue weighted by Crippen LogP contribution is -1.91. The third-order valence-electron chi connectivity index (χ3n) is 3.20. The van der Waals surface area contributed by atoms with Crippen molar-refractivity contribution in [3.05, 3.63) is 59.8 Å². The fraction of sp³-hybridized carbons (Fsp3) is 0.0625. The molecule has 0 unspecified atom stereocenters. The molecule has 0 amide bonds. The monoisotopic (exact) mass is 261 g/mol. The van der Waals surface area contributed by atoms with Gasteiger partial charge in [-0.3, -0.25) is 0 Å². The van der Waals surface area contributed by atoms with E-state index in [2.05, 4.69) is 16.3 Å². The first-order valence-corrected chi connectivity index (χ1v) is 6.17. The Balaban J connectivity index is 2.18. The van der Waals surface area contributed by atoms with Crippen molar-refractivity contribution in [3.8, 4) is 17.3 Å². The van der Waals surface area contributed by atoms with Crippen molar-refractivity contribution in [2.75, 3.05) is 0 Å². The zero-order valence-electron chi connectivity index (χ0n) is 10.6. The van der Waals surface area contributed by atoms with Crippen molar-refractivity contribution in [2.45, 2.75) is 6.61 Å². The molecule has 4 nitrogen and oxygen atoms in total. The number of aliphatic hydroxyl groups is 1. The summed E-state index contributed by atoms with van der Waals surface area (Å²) in [5.41, 5.74) is 3.17. The van der Waals surface area contributed by atoms with Crippen LogP contribution >= 0.6 is 0 Å². The molecule has 1 N–H and O–H groups in total. The topological polar surface area (TPSA) is 69.8 Å². The van der Waals surface area contributed by atoms with Gasteiger partial charge < -0.3 is 5.11 Å². The lowest BCUT2D eigenvalue weighted by Gasteiger charge is -2.05. The summed E-state index contributed by atoms with van der Waals surface area (Å²) in [6, 6.07) is 15.1. The highest BCUT2D eigenvalue weighted by molar-refractivity contribution is 5.94. The Morgan fingerprint density at radius 3 is 2.60 bits per heavy atom. The number of hydrogen-bond donors (Lipinski definition) is 1. The summed E-state index contributed by atoms with van der Waals surface area (Å²) >= 11 is 0. The first-order valence-electron chi connectivity index (χ1n) is 6.17. The van der Waals surface area contributed by atoms with Crippen LogP contribution in [0.5, 0.6) is 0 Å². The molecule has 0 saturated heterocycles. The molecule has 96 valence electrons. The van der Waals surface area contributed by atoms with Gasteiger partial charge in [-0.15, -0.1) is 5.10 Å². The number of hydrogen-bond acceptors (Lipinski definition) is 4. The third kappa shape index (κ3) is 2.11. The van der Waals surface area contributed by atoms with E-state index in [1.807, 2.05) is 30.3 Å². The Morgan fingerprint density at radius 1 is 1.10 bits per heavy atom. The molecule has 3 rings (SSSR count). The first-order chi connectivity index (χ1) is 9.81. The number of aliphatic hydroxyl groups excluding tert-OH is 1. The van der Waals surface area contributed by atoms with Crippen LogP contribution < -0.4 is 0 Å². The van der Waals surface area contributed by atoms with E-state index in [-0.39, 0.29) is 6.61 Å². The second-order valence-corrected chi connectivity index (χ2v) is 4.46. The summed E-state index contributed by atoms with van der Waals surface area (Å²) in [5.74, 6) is 0. The summed E-state index contributed by atoms with van der Waals surface area (Å²) in [6.07, 6.45) is 1.65. The van der Waals surface area contributed by atoms with E-state index in [0.29, 0.717) is 5.56 Å². The van der Waals surface area contributed by atoms with Gasteiger partial charge in [0.2, 0.25) is 0 Å². The van der Waals surface area contributed by atoms with Crippen molar-refractivity contribution in [1.82, 2.24) is 10.2 Å². The second-order valence-electron chi connectivity index (χ2n) is 4.46. The summed E-state index contributed by atoms with van der Waals surface area (Å²) in [6.45, 7) is 0.0209. The molecule has 3 aromatic rings. The fourth-order valence-electron chi connectivity index (χ4n) is 2.14. The Labute approximate surface area is 115 Å². The van der Waals surface area contributed by atoms with Crippen molar-refractivity contribution in [2.24, 2.45) is 0 Å². The second kappa shape index (κ2) is 5.08. The maximum absolute atomic E-state index is 9.07. The highest BCUT2D eigenvalue weighted by Gasteiger charge is 2.07. The number of nitriles is 1. The van der Waals surface area contributed by atoms with E-state index in [1.165, 1.54) is 0 Å². The minimum Gasteiger partial charge on any atom is -0.392 e. The first kappa shape index (κ1) is 12.3. The van der Waals surface area contributed by atoms with Gasteiger partial charge in [-0.2, -0.15) is 10.4 Å². The maximum atomic E-state index is 9.07. The molecule has 0 fully saturated rings. The number of nitrogens with zero attached hydrogens (tertiary/aromatic N) is 3. The van der Waals surface area contributed by atoms with E-state index >= 15 is 0 Å². The van der Waals surface area contributed by atoms with Gasteiger partial charge in [-0.1, -0.05) is 30.3 Å².